The Labute approximate surface area is 104 Å². The van der Waals surface area contributed by atoms with Crippen molar-refractivity contribution in [1.82, 2.24) is 4.90 Å². The Morgan fingerprint density at radius 3 is 2.65 bits per heavy atom. The largest absolute Gasteiger partial charge is 0.327 e. The molecule has 1 saturated carbocycles. The molecule has 2 aliphatic rings. The topological polar surface area (TPSA) is 63.4 Å². The van der Waals surface area contributed by atoms with Gasteiger partial charge in [0.15, 0.2) is 9.84 Å². The average molecular weight is 260 g/mol. The van der Waals surface area contributed by atoms with E-state index in [9.17, 15) is 8.42 Å². The molecule has 1 saturated heterocycles. The van der Waals surface area contributed by atoms with Crippen molar-refractivity contribution in [3.05, 3.63) is 0 Å². The molecule has 4 nitrogen and oxygen atoms in total. The first-order valence-electron chi connectivity index (χ1n) is 6.68. The van der Waals surface area contributed by atoms with E-state index in [4.69, 9.17) is 5.73 Å². The molecule has 3 atom stereocenters. The van der Waals surface area contributed by atoms with Crippen LogP contribution in [-0.2, 0) is 9.84 Å². The molecular formula is C12H24N2O2S. The third-order valence-electron chi connectivity index (χ3n) is 4.24. The van der Waals surface area contributed by atoms with E-state index in [1.165, 1.54) is 19.3 Å². The van der Waals surface area contributed by atoms with Gasteiger partial charge in [0.25, 0.3) is 0 Å². The van der Waals surface area contributed by atoms with Gasteiger partial charge >= 0.3 is 0 Å². The van der Waals surface area contributed by atoms with E-state index in [-0.39, 0.29) is 6.04 Å². The van der Waals surface area contributed by atoms with Crippen molar-refractivity contribution >= 4 is 9.84 Å². The van der Waals surface area contributed by atoms with Crippen LogP contribution in [-0.4, -0.2) is 50.0 Å². The molecular weight excluding hydrogens is 236 g/mol. The first-order valence-corrected chi connectivity index (χ1v) is 8.50. The van der Waals surface area contributed by atoms with Gasteiger partial charge in [-0.3, -0.25) is 4.90 Å². The summed E-state index contributed by atoms with van der Waals surface area (Å²) in [6.07, 6.45) is 4.86. The number of nitrogens with zero attached hydrogens (tertiary/aromatic N) is 1. The summed E-state index contributed by atoms with van der Waals surface area (Å²) in [6, 6.07) is 0.470. The van der Waals surface area contributed by atoms with Crippen LogP contribution in [0.15, 0.2) is 0 Å². The Bertz CT molecular complexity index is 356. The predicted molar refractivity (Wildman–Crippen MR) is 69.6 cm³/mol. The molecule has 17 heavy (non-hydrogen) atoms. The molecule has 0 aromatic heterocycles. The molecule has 100 valence electrons. The zero-order valence-corrected chi connectivity index (χ0v) is 11.5. The fourth-order valence-corrected chi connectivity index (χ4v) is 4.69. The van der Waals surface area contributed by atoms with Crippen LogP contribution in [0.3, 0.4) is 0 Å². The van der Waals surface area contributed by atoms with Gasteiger partial charge in [-0.2, -0.15) is 0 Å². The maximum Gasteiger partial charge on any atom is 0.153 e. The second kappa shape index (κ2) is 5.24. The quantitative estimate of drug-likeness (QED) is 0.791. The van der Waals surface area contributed by atoms with E-state index in [1.807, 2.05) is 6.92 Å². The van der Waals surface area contributed by atoms with Gasteiger partial charge in [-0.15, -0.1) is 0 Å². The monoisotopic (exact) mass is 260 g/mol. The lowest BCUT2D eigenvalue weighted by molar-refractivity contribution is 0.157. The molecule has 1 aliphatic heterocycles. The Balaban J connectivity index is 1.91. The third kappa shape index (κ3) is 3.42. The van der Waals surface area contributed by atoms with Crippen LogP contribution in [0.2, 0.25) is 0 Å². The number of nitrogens with two attached hydrogens (primary N) is 1. The summed E-state index contributed by atoms with van der Waals surface area (Å²) in [7, 11) is -2.79. The van der Waals surface area contributed by atoms with E-state index in [2.05, 4.69) is 4.90 Å². The number of sulfone groups is 1. The van der Waals surface area contributed by atoms with E-state index in [1.54, 1.807) is 0 Å². The Morgan fingerprint density at radius 2 is 2.00 bits per heavy atom. The van der Waals surface area contributed by atoms with Crippen molar-refractivity contribution in [2.75, 3.05) is 24.6 Å². The number of hydrogen-bond acceptors (Lipinski definition) is 4. The molecule has 0 spiro atoms. The van der Waals surface area contributed by atoms with Gasteiger partial charge in [0.2, 0.25) is 0 Å². The zero-order valence-electron chi connectivity index (χ0n) is 10.6. The first kappa shape index (κ1) is 13.3. The van der Waals surface area contributed by atoms with Gasteiger partial charge in [0.1, 0.15) is 0 Å². The second-order valence-electron chi connectivity index (χ2n) is 5.67. The van der Waals surface area contributed by atoms with E-state index in [0.29, 0.717) is 30.0 Å². The van der Waals surface area contributed by atoms with Crippen LogP contribution in [0.1, 0.15) is 32.6 Å². The van der Waals surface area contributed by atoms with Gasteiger partial charge in [-0.05, 0) is 25.7 Å². The van der Waals surface area contributed by atoms with E-state index in [0.717, 1.165) is 13.0 Å². The SMILES string of the molecule is CC1CS(=O)(=O)CCN1CC1CCCCC1N. The summed E-state index contributed by atoms with van der Waals surface area (Å²) < 4.78 is 23.0. The molecule has 3 unspecified atom stereocenters. The Hall–Kier alpha value is -0.130. The van der Waals surface area contributed by atoms with Gasteiger partial charge in [0.05, 0.1) is 11.5 Å². The van der Waals surface area contributed by atoms with E-state index < -0.39 is 9.84 Å². The number of rotatable bonds is 2. The molecule has 1 heterocycles. The highest BCUT2D eigenvalue weighted by Gasteiger charge is 2.31. The van der Waals surface area contributed by atoms with Crippen LogP contribution in [0.5, 0.6) is 0 Å². The Kier molecular flexibility index (Phi) is 4.10. The Morgan fingerprint density at radius 1 is 1.29 bits per heavy atom. The normalized spacial score (nSPS) is 39.1. The lowest BCUT2D eigenvalue weighted by Gasteiger charge is -2.38. The minimum atomic E-state index is -2.79. The van der Waals surface area contributed by atoms with Crippen molar-refractivity contribution < 1.29 is 8.42 Å². The van der Waals surface area contributed by atoms with Gasteiger partial charge in [0, 0.05) is 25.2 Å². The predicted octanol–water partition coefficient (Wildman–Crippen LogP) is 0.623. The molecule has 0 aromatic rings. The molecule has 2 rings (SSSR count). The minimum absolute atomic E-state index is 0.155. The zero-order chi connectivity index (χ0) is 12.5. The highest BCUT2D eigenvalue weighted by molar-refractivity contribution is 7.91. The third-order valence-corrected chi connectivity index (χ3v) is 6.04. The maximum absolute atomic E-state index is 11.5. The highest BCUT2D eigenvalue weighted by atomic mass is 32.2. The molecule has 1 aliphatic carbocycles. The van der Waals surface area contributed by atoms with E-state index >= 15 is 0 Å². The molecule has 2 N–H and O–H groups in total. The van der Waals surface area contributed by atoms with Crippen LogP contribution < -0.4 is 5.73 Å². The van der Waals surface area contributed by atoms with Crippen LogP contribution in [0, 0.1) is 5.92 Å². The summed E-state index contributed by atoms with van der Waals surface area (Å²) >= 11 is 0. The van der Waals surface area contributed by atoms with Crippen molar-refractivity contribution in [3.8, 4) is 0 Å². The average Bonchev–Trinajstić information content (AvgIpc) is 2.24. The van der Waals surface area contributed by atoms with Crippen molar-refractivity contribution in [2.24, 2.45) is 11.7 Å². The standard InChI is InChI=1S/C12H24N2O2S/c1-10-9-17(15,16)7-6-14(10)8-11-4-2-3-5-12(11)13/h10-12H,2-9,13H2,1H3. The number of hydrogen-bond donors (Lipinski definition) is 1. The molecule has 0 amide bonds. The fourth-order valence-electron chi connectivity index (χ4n) is 3.07. The van der Waals surface area contributed by atoms with Gasteiger partial charge < -0.3 is 5.73 Å². The van der Waals surface area contributed by atoms with Crippen LogP contribution in [0.4, 0.5) is 0 Å². The van der Waals surface area contributed by atoms with Crippen LogP contribution >= 0.6 is 0 Å². The van der Waals surface area contributed by atoms with Crippen LogP contribution in [0.25, 0.3) is 0 Å². The van der Waals surface area contributed by atoms with Gasteiger partial charge in [-0.1, -0.05) is 12.8 Å². The first-order chi connectivity index (χ1) is 7.98. The molecule has 0 radical (unpaired) electrons. The summed E-state index contributed by atoms with van der Waals surface area (Å²) in [4.78, 5) is 2.32. The fraction of sp³-hybridized carbons (Fsp3) is 1.00. The summed E-state index contributed by atoms with van der Waals surface area (Å²) in [5.74, 6) is 1.20. The van der Waals surface area contributed by atoms with Crippen molar-refractivity contribution in [1.29, 1.82) is 0 Å². The molecule has 5 heteroatoms. The van der Waals surface area contributed by atoms with Crippen molar-refractivity contribution in [3.63, 3.8) is 0 Å². The summed E-state index contributed by atoms with van der Waals surface area (Å²) in [5, 5.41) is 0. The molecule has 0 bridgehead atoms. The summed E-state index contributed by atoms with van der Waals surface area (Å²) in [6.45, 7) is 3.69. The lowest BCUT2D eigenvalue weighted by atomic mass is 9.84. The minimum Gasteiger partial charge on any atom is -0.327 e. The lowest BCUT2D eigenvalue weighted by Crippen LogP contribution is -2.51. The highest BCUT2D eigenvalue weighted by Crippen LogP contribution is 2.25. The van der Waals surface area contributed by atoms with Crippen molar-refractivity contribution in [2.45, 2.75) is 44.7 Å². The summed E-state index contributed by atoms with van der Waals surface area (Å²) in [5.41, 5.74) is 6.15. The molecule has 0 aromatic carbocycles. The molecule has 2 fully saturated rings. The smallest absolute Gasteiger partial charge is 0.153 e. The van der Waals surface area contributed by atoms with Gasteiger partial charge in [-0.25, -0.2) is 8.42 Å². The maximum atomic E-state index is 11.5. The second-order valence-corrected chi connectivity index (χ2v) is 7.90.